The summed E-state index contributed by atoms with van der Waals surface area (Å²) in [6.45, 7) is 5.26. The minimum Gasteiger partial charge on any atom is -0.349 e. The molecule has 1 amide bonds. The van der Waals surface area contributed by atoms with Crippen molar-refractivity contribution in [2.45, 2.75) is 26.3 Å². The van der Waals surface area contributed by atoms with Crippen LogP contribution in [0.3, 0.4) is 0 Å². The Kier molecular flexibility index (Phi) is 5.63. The van der Waals surface area contributed by atoms with Crippen LogP contribution in [0.5, 0.6) is 0 Å². The van der Waals surface area contributed by atoms with E-state index in [1.54, 1.807) is 25.1 Å². The molecule has 0 saturated heterocycles. The van der Waals surface area contributed by atoms with E-state index in [2.05, 4.69) is 10.6 Å². The Morgan fingerprint density at radius 1 is 1.41 bits per heavy atom. The zero-order valence-corrected chi connectivity index (χ0v) is 10.3. The van der Waals surface area contributed by atoms with Crippen LogP contribution in [0.15, 0.2) is 24.3 Å². The van der Waals surface area contributed by atoms with Gasteiger partial charge in [-0.15, -0.1) is 0 Å². The van der Waals surface area contributed by atoms with Crippen LogP contribution < -0.4 is 10.6 Å². The van der Waals surface area contributed by atoms with Gasteiger partial charge in [0.15, 0.2) is 0 Å². The van der Waals surface area contributed by atoms with Crippen LogP contribution in [0, 0.1) is 5.82 Å². The molecule has 94 valence electrons. The molecule has 0 aliphatic heterocycles. The lowest BCUT2D eigenvalue weighted by Gasteiger charge is -2.15. The summed E-state index contributed by atoms with van der Waals surface area (Å²) in [5.41, 5.74) is 0.518. The van der Waals surface area contributed by atoms with E-state index in [-0.39, 0.29) is 17.8 Å². The van der Waals surface area contributed by atoms with Crippen molar-refractivity contribution in [2.75, 3.05) is 13.1 Å². The normalized spacial score (nSPS) is 12.2. The summed E-state index contributed by atoms with van der Waals surface area (Å²) < 4.78 is 13.4. The standard InChI is InChI=1S/C13H19FN2O/c1-3-15-9-8-13(17)16-10(2)11-6-4-5-7-12(11)14/h4-7,10,15H,3,8-9H2,1-2H3,(H,16,17). The fourth-order valence-corrected chi connectivity index (χ4v) is 1.60. The van der Waals surface area contributed by atoms with E-state index in [4.69, 9.17) is 0 Å². The van der Waals surface area contributed by atoms with E-state index in [1.807, 2.05) is 6.92 Å². The first-order chi connectivity index (χ1) is 8.15. The smallest absolute Gasteiger partial charge is 0.221 e. The van der Waals surface area contributed by atoms with Gasteiger partial charge in [-0.2, -0.15) is 0 Å². The van der Waals surface area contributed by atoms with Crippen LogP contribution in [0.1, 0.15) is 31.9 Å². The Bertz CT molecular complexity index is 368. The fourth-order valence-electron chi connectivity index (χ4n) is 1.60. The molecule has 3 nitrogen and oxygen atoms in total. The van der Waals surface area contributed by atoms with Crippen molar-refractivity contribution in [2.24, 2.45) is 0 Å². The van der Waals surface area contributed by atoms with Crippen molar-refractivity contribution < 1.29 is 9.18 Å². The maximum atomic E-state index is 13.4. The van der Waals surface area contributed by atoms with Crippen molar-refractivity contribution in [3.05, 3.63) is 35.6 Å². The molecule has 0 fully saturated rings. The lowest BCUT2D eigenvalue weighted by Crippen LogP contribution is -2.30. The van der Waals surface area contributed by atoms with Crippen LogP contribution in [-0.4, -0.2) is 19.0 Å². The first-order valence-electron chi connectivity index (χ1n) is 5.89. The van der Waals surface area contributed by atoms with Crippen LogP contribution in [0.25, 0.3) is 0 Å². The highest BCUT2D eigenvalue weighted by Crippen LogP contribution is 2.15. The molecule has 2 N–H and O–H groups in total. The molecule has 0 aromatic heterocycles. The van der Waals surface area contributed by atoms with Gasteiger partial charge in [0.25, 0.3) is 0 Å². The van der Waals surface area contributed by atoms with Crippen LogP contribution in [-0.2, 0) is 4.79 Å². The van der Waals surface area contributed by atoms with E-state index in [9.17, 15) is 9.18 Å². The Balaban J connectivity index is 2.46. The molecule has 0 saturated carbocycles. The zero-order valence-electron chi connectivity index (χ0n) is 10.3. The molecule has 17 heavy (non-hydrogen) atoms. The summed E-state index contributed by atoms with van der Waals surface area (Å²) in [4.78, 5) is 11.5. The molecule has 0 radical (unpaired) electrons. The van der Waals surface area contributed by atoms with Crippen LogP contribution in [0.2, 0.25) is 0 Å². The third-order valence-electron chi connectivity index (χ3n) is 2.53. The summed E-state index contributed by atoms with van der Waals surface area (Å²) >= 11 is 0. The van der Waals surface area contributed by atoms with Crippen molar-refractivity contribution >= 4 is 5.91 Å². The number of rotatable bonds is 6. The van der Waals surface area contributed by atoms with Gasteiger partial charge >= 0.3 is 0 Å². The zero-order chi connectivity index (χ0) is 12.7. The van der Waals surface area contributed by atoms with Gasteiger partial charge < -0.3 is 10.6 Å². The maximum Gasteiger partial charge on any atom is 0.221 e. The SMILES string of the molecule is CCNCCC(=O)NC(C)c1ccccc1F. The second-order valence-corrected chi connectivity index (χ2v) is 3.91. The van der Waals surface area contributed by atoms with Crippen LogP contribution >= 0.6 is 0 Å². The molecule has 4 heteroatoms. The van der Waals surface area contributed by atoms with Gasteiger partial charge in [-0.3, -0.25) is 4.79 Å². The minimum absolute atomic E-state index is 0.0679. The number of nitrogens with one attached hydrogen (secondary N) is 2. The second-order valence-electron chi connectivity index (χ2n) is 3.91. The number of benzene rings is 1. The van der Waals surface area contributed by atoms with Gasteiger partial charge in [0, 0.05) is 18.5 Å². The van der Waals surface area contributed by atoms with E-state index < -0.39 is 0 Å². The predicted octanol–water partition coefficient (Wildman–Crippen LogP) is 2.00. The molecule has 1 atom stereocenters. The number of carbonyl (C=O) groups excluding carboxylic acids is 1. The molecule has 0 bridgehead atoms. The molecule has 0 aliphatic carbocycles. The highest BCUT2D eigenvalue weighted by atomic mass is 19.1. The molecule has 0 spiro atoms. The molecular weight excluding hydrogens is 219 g/mol. The second kappa shape index (κ2) is 7.01. The third-order valence-corrected chi connectivity index (χ3v) is 2.53. The van der Waals surface area contributed by atoms with Gasteiger partial charge in [-0.25, -0.2) is 4.39 Å². The van der Waals surface area contributed by atoms with E-state index in [1.165, 1.54) is 6.07 Å². The number of amides is 1. The molecule has 0 aliphatic rings. The summed E-state index contributed by atoms with van der Waals surface area (Å²) in [7, 11) is 0. The van der Waals surface area contributed by atoms with E-state index in [0.29, 0.717) is 18.5 Å². The predicted molar refractivity (Wildman–Crippen MR) is 66.1 cm³/mol. The highest BCUT2D eigenvalue weighted by Gasteiger charge is 2.12. The van der Waals surface area contributed by atoms with Crippen molar-refractivity contribution in [3.63, 3.8) is 0 Å². The monoisotopic (exact) mass is 238 g/mol. The summed E-state index contributed by atoms with van der Waals surface area (Å²) in [5.74, 6) is -0.353. The fraction of sp³-hybridized carbons (Fsp3) is 0.462. The largest absolute Gasteiger partial charge is 0.349 e. The first kappa shape index (κ1) is 13.6. The maximum absolute atomic E-state index is 13.4. The van der Waals surface area contributed by atoms with Crippen molar-refractivity contribution in [1.82, 2.24) is 10.6 Å². The van der Waals surface area contributed by atoms with Gasteiger partial charge in [0.05, 0.1) is 6.04 Å². The van der Waals surface area contributed by atoms with Crippen molar-refractivity contribution in [3.8, 4) is 0 Å². The molecular formula is C13H19FN2O. The average molecular weight is 238 g/mol. The number of halogens is 1. The molecule has 0 heterocycles. The number of carbonyl (C=O) groups is 1. The van der Waals surface area contributed by atoms with E-state index in [0.717, 1.165) is 6.54 Å². The molecule has 1 aromatic carbocycles. The molecule has 1 aromatic rings. The number of hydrogen-bond donors (Lipinski definition) is 2. The van der Waals surface area contributed by atoms with Crippen LogP contribution in [0.4, 0.5) is 4.39 Å². The third kappa shape index (κ3) is 4.53. The highest BCUT2D eigenvalue weighted by molar-refractivity contribution is 5.76. The Morgan fingerprint density at radius 2 is 2.12 bits per heavy atom. The lowest BCUT2D eigenvalue weighted by atomic mass is 10.1. The van der Waals surface area contributed by atoms with Gasteiger partial charge in [-0.05, 0) is 19.5 Å². The summed E-state index contributed by atoms with van der Waals surface area (Å²) in [6.07, 6.45) is 0.409. The van der Waals surface area contributed by atoms with Crippen molar-refractivity contribution in [1.29, 1.82) is 0 Å². The van der Waals surface area contributed by atoms with Gasteiger partial charge in [-0.1, -0.05) is 25.1 Å². The summed E-state index contributed by atoms with van der Waals surface area (Å²) in [5, 5.41) is 5.85. The quantitative estimate of drug-likeness (QED) is 0.744. The van der Waals surface area contributed by atoms with E-state index >= 15 is 0 Å². The Labute approximate surface area is 101 Å². The van der Waals surface area contributed by atoms with Gasteiger partial charge in [0.1, 0.15) is 5.82 Å². The molecule has 1 rings (SSSR count). The Morgan fingerprint density at radius 3 is 2.76 bits per heavy atom. The van der Waals surface area contributed by atoms with Gasteiger partial charge in [0.2, 0.25) is 5.91 Å². The number of hydrogen-bond acceptors (Lipinski definition) is 2. The molecule has 1 unspecified atom stereocenters. The summed E-state index contributed by atoms with van der Waals surface area (Å²) in [6, 6.07) is 6.18. The lowest BCUT2D eigenvalue weighted by molar-refractivity contribution is -0.121. The first-order valence-corrected chi connectivity index (χ1v) is 5.89. The average Bonchev–Trinajstić information content (AvgIpc) is 2.29. The topological polar surface area (TPSA) is 41.1 Å². The Hall–Kier alpha value is -1.42. The minimum atomic E-state index is -0.301.